The van der Waals surface area contributed by atoms with Gasteiger partial charge in [0.25, 0.3) is 5.91 Å². The van der Waals surface area contributed by atoms with Crippen LogP contribution in [0.15, 0.2) is 52.9 Å². The fourth-order valence-electron chi connectivity index (χ4n) is 2.58. The van der Waals surface area contributed by atoms with E-state index >= 15 is 0 Å². The molecule has 3 rings (SSSR count). The number of para-hydroxylation sites is 1. The monoisotopic (exact) mass is 382 g/mol. The summed E-state index contributed by atoms with van der Waals surface area (Å²) in [5, 5.41) is 5.58. The van der Waals surface area contributed by atoms with Crippen molar-refractivity contribution in [3.05, 3.63) is 54.3 Å². The second kappa shape index (κ2) is 8.26. The smallest absolute Gasteiger partial charge is 0.397 e. The van der Waals surface area contributed by atoms with E-state index in [1.54, 1.807) is 55.5 Å². The number of hydrogen-bond acceptors (Lipinski definition) is 6. The Bertz CT molecular complexity index is 1040. The van der Waals surface area contributed by atoms with Crippen molar-refractivity contribution in [3.8, 4) is 5.75 Å². The largest absolute Gasteiger partial charge is 0.497 e. The van der Waals surface area contributed by atoms with E-state index in [0.29, 0.717) is 22.4 Å². The topological polar surface area (TPSA) is 107 Å². The number of nitrogens with one attached hydrogen (secondary N) is 2. The van der Waals surface area contributed by atoms with Gasteiger partial charge in [0.15, 0.2) is 0 Å². The predicted molar refractivity (Wildman–Crippen MR) is 102 cm³/mol. The number of amides is 2. The van der Waals surface area contributed by atoms with Crippen molar-refractivity contribution in [1.82, 2.24) is 0 Å². The lowest BCUT2D eigenvalue weighted by Crippen LogP contribution is -2.26. The van der Waals surface area contributed by atoms with Gasteiger partial charge in [0.05, 0.1) is 13.7 Å². The molecule has 0 unspecified atom stereocenters. The summed E-state index contributed by atoms with van der Waals surface area (Å²) in [6.07, 6.45) is 0. The second-order valence-electron chi connectivity index (χ2n) is 5.66. The summed E-state index contributed by atoms with van der Waals surface area (Å²) in [4.78, 5) is 36.5. The lowest BCUT2D eigenvalue weighted by molar-refractivity contribution is -0.152. The number of fused-ring (bicyclic) bond motifs is 1. The number of rotatable bonds is 5. The molecule has 0 radical (unpaired) electrons. The molecule has 1 aromatic heterocycles. The van der Waals surface area contributed by atoms with Gasteiger partial charge in [0.1, 0.15) is 17.0 Å². The average Bonchev–Trinajstić information content (AvgIpc) is 3.07. The van der Waals surface area contributed by atoms with Crippen molar-refractivity contribution in [2.75, 3.05) is 24.4 Å². The SMILES string of the molecule is CCOC(=O)C(=O)Nc1c(C(=O)Nc2cccc(OC)c2)oc2ccccc12. The van der Waals surface area contributed by atoms with Gasteiger partial charge in [0, 0.05) is 17.1 Å². The van der Waals surface area contributed by atoms with Gasteiger partial charge in [-0.3, -0.25) is 9.59 Å². The maximum atomic E-state index is 12.8. The van der Waals surface area contributed by atoms with Gasteiger partial charge in [-0.1, -0.05) is 18.2 Å². The number of furan rings is 1. The maximum absolute atomic E-state index is 12.8. The number of hydrogen-bond donors (Lipinski definition) is 2. The molecular weight excluding hydrogens is 364 g/mol. The summed E-state index contributed by atoms with van der Waals surface area (Å²) in [6.45, 7) is 1.65. The van der Waals surface area contributed by atoms with Gasteiger partial charge >= 0.3 is 11.9 Å². The van der Waals surface area contributed by atoms with Crippen LogP contribution in [0.2, 0.25) is 0 Å². The molecule has 0 fully saturated rings. The van der Waals surface area contributed by atoms with Gasteiger partial charge in [-0.05, 0) is 31.2 Å². The van der Waals surface area contributed by atoms with E-state index in [4.69, 9.17) is 9.15 Å². The van der Waals surface area contributed by atoms with Crippen molar-refractivity contribution in [2.45, 2.75) is 6.92 Å². The van der Waals surface area contributed by atoms with Gasteiger partial charge < -0.3 is 24.5 Å². The summed E-state index contributed by atoms with van der Waals surface area (Å²) in [6, 6.07) is 13.5. The van der Waals surface area contributed by atoms with E-state index in [1.165, 1.54) is 7.11 Å². The predicted octanol–water partition coefficient (Wildman–Crippen LogP) is 3.20. The third-order valence-corrected chi connectivity index (χ3v) is 3.83. The number of anilines is 2. The molecule has 8 heteroatoms. The Balaban J connectivity index is 1.94. The molecular formula is C20H18N2O6. The number of carbonyl (C=O) groups excluding carboxylic acids is 3. The van der Waals surface area contributed by atoms with Crippen LogP contribution in [0, 0.1) is 0 Å². The molecule has 2 aromatic carbocycles. The van der Waals surface area contributed by atoms with Crippen molar-refractivity contribution in [3.63, 3.8) is 0 Å². The van der Waals surface area contributed by atoms with Gasteiger partial charge in [0.2, 0.25) is 5.76 Å². The number of esters is 1. The lowest BCUT2D eigenvalue weighted by atomic mass is 10.2. The average molecular weight is 382 g/mol. The van der Waals surface area contributed by atoms with Crippen molar-refractivity contribution >= 4 is 40.1 Å². The van der Waals surface area contributed by atoms with Crippen LogP contribution in [0.1, 0.15) is 17.5 Å². The summed E-state index contributed by atoms with van der Waals surface area (Å²) >= 11 is 0. The van der Waals surface area contributed by atoms with Crippen molar-refractivity contribution in [2.24, 2.45) is 0 Å². The highest BCUT2D eigenvalue weighted by atomic mass is 16.5. The first-order valence-electron chi connectivity index (χ1n) is 8.48. The zero-order valence-corrected chi connectivity index (χ0v) is 15.3. The number of ether oxygens (including phenoxy) is 2. The third-order valence-electron chi connectivity index (χ3n) is 3.83. The number of carbonyl (C=O) groups is 3. The molecule has 3 aromatic rings. The van der Waals surface area contributed by atoms with E-state index in [-0.39, 0.29) is 18.1 Å². The van der Waals surface area contributed by atoms with Crippen LogP contribution in [0.4, 0.5) is 11.4 Å². The fourth-order valence-corrected chi connectivity index (χ4v) is 2.58. The first-order chi connectivity index (χ1) is 13.5. The minimum Gasteiger partial charge on any atom is -0.497 e. The minimum absolute atomic E-state index is 0.0571. The summed E-state index contributed by atoms with van der Waals surface area (Å²) in [5.74, 6) is -2.21. The van der Waals surface area contributed by atoms with E-state index in [9.17, 15) is 14.4 Å². The molecule has 8 nitrogen and oxygen atoms in total. The second-order valence-corrected chi connectivity index (χ2v) is 5.66. The van der Waals surface area contributed by atoms with Crippen LogP contribution in [0.5, 0.6) is 5.75 Å². The summed E-state index contributed by atoms with van der Waals surface area (Å²) in [5.41, 5.74) is 0.957. The summed E-state index contributed by atoms with van der Waals surface area (Å²) in [7, 11) is 1.52. The van der Waals surface area contributed by atoms with Gasteiger partial charge in [-0.2, -0.15) is 0 Å². The standard InChI is InChI=1S/C20H18N2O6/c1-3-27-20(25)19(24)22-16-14-9-4-5-10-15(14)28-17(16)18(23)21-12-7-6-8-13(11-12)26-2/h4-11H,3H2,1-2H3,(H,21,23)(H,22,24). The fraction of sp³-hybridized carbons (Fsp3) is 0.150. The van der Waals surface area contributed by atoms with Crippen LogP contribution >= 0.6 is 0 Å². The third kappa shape index (κ3) is 3.96. The molecule has 0 aliphatic rings. The molecule has 0 aliphatic carbocycles. The van der Waals surface area contributed by atoms with E-state index in [0.717, 1.165) is 0 Å². The van der Waals surface area contributed by atoms with Crippen LogP contribution in [-0.4, -0.2) is 31.5 Å². The first-order valence-corrected chi connectivity index (χ1v) is 8.48. The highest BCUT2D eigenvalue weighted by molar-refractivity contribution is 6.38. The molecule has 0 spiro atoms. The highest BCUT2D eigenvalue weighted by Crippen LogP contribution is 2.31. The van der Waals surface area contributed by atoms with Crippen molar-refractivity contribution < 1.29 is 28.3 Å². The molecule has 0 atom stereocenters. The van der Waals surface area contributed by atoms with Crippen LogP contribution < -0.4 is 15.4 Å². The Morgan fingerprint density at radius 2 is 1.82 bits per heavy atom. The zero-order valence-electron chi connectivity index (χ0n) is 15.3. The molecule has 28 heavy (non-hydrogen) atoms. The molecule has 2 amide bonds. The van der Waals surface area contributed by atoms with Crippen LogP contribution in [0.25, 0.3) is 11.0 Å². The Hall–Kier alpha value is -3.81. The normalized spacial score (nSPS) is 10.4. The Kier molecular flexibility index (Phi) is 5.59. The van der Waals surface area contributed by atoms with Gasteiger partial charge in [-0.25, -0.2) is 4.79 Å². The highest BCUT2D eigenvalue weighted by Gasteiger charge is 2.25. The molecule has 144 valence electrons. The number of benzene rings is 2. The maximum Gasteiger partial charge on any atom is 0.397 e. The minimum atomic E-state index is -1.05. The molecule has 0 saturated carbocycles. The van der Waals surface area contributed by atoms with Gasteiger partial charge in [-0.15, -0.1) is 0 Å². The lowest BCUT2D eigenvalue weighted by Gasteiger charge is -2.08. The molecule has 1 heterocycles. The Labute approximate surface area is 160 Å². The zero-order chi connectivity index (χ0) is 20.1. The molecule has 0 bridgehead atoms. The summed E-state index contributed by atoms with van der Waals surface area (Å²) < 4.78 is 15.4. The first kappa shape index (κ1) is 19.0. The van der Waals surface area contributed by atoms with E-state index < -0.39 is 17.8 Å². The molecule has 0 aliphatic heterocycles. The Morgan fingerprint density at radius 3 is 2.57 bits per heavy atom. The molecule has 2 N–H and O–H groups in total. The van der Waals surface area contributed by atoms with E-state index in [1.807, 2.05) is 0 Å². The van der Waals surface area contributed by atoms with Crippen LogP contribution in [0.3, 0.4) is 0 Å². The Morgan fingerprint density at radius 1 is 1.04 bits per heavy atom. The quantitative estimate of drug-likeness (QED) is 0.518. The number of methoxy groups -OCH3 is 1. The van der Waals surface area contributed by atoms with Crippen LogP contribution in [-0.2, 0) is 14.3 Å². The van der Waals surface area contributed by atoms with Crippen molar-refractivity contribution in [1.29, 1.82) is 0 Å². The van der Waals surface area contributed by atoms with E-state index in [2.05, 4.69) is 15.4 Å². The molecule has 0 saturated heterocycles.